The number of ketones is 1. The van der Waals surface area contributed by atoms with E-state index in [1.807, 2.05) is 0 Å². The van der Waals surface area contributed by atoms with Crippen LogP contribution in [0, 0.1) is 5.92 Å². The third kappa shape index (κ3) is 3.56. The number of likely N-dealkylation sites (tertiary alicyclic amines) is 1. The number of carbonyl (C=O) groups excluding carboxylic acids is 1. The molecule has 3 heteroatoms. The number of halogens is 1. The number of alkyl halides is 1. The first-order valence-corrected chi connectivity index (χ1v) is 7.56. The Kier molecular flexibility index (Phi) is 4.83. The predicted molar refractivity (Wildman–Crippen MR) is 70.0 cm³/mol. The molecular weight excluding hydrogens is 266 g/mol. The minimum atomic E-state index is 0.357. The highest BCUT2D eigenvalue weighted by atomic mass is 79.9. The SMILES string of the molecule is O=C(CN1CCCCC1)C1CCC(Br)CC1. The van der Waals surface area contributed by atoms with Gasteiger partial charge in [0.15, 0.2) is 0 Å². The molecule has 0 aromatic carbocycles. The van der Waals surface area contributed by atoms with Crippen LogP contribution >= 0.6 is 15.9 Å². The number of hydrogen-bond donors (Lipinski definition) is 0. The van der Waals surface area contributed by atoms with Gasteiger partial charge in [0.2, 0.25) is 0 Å². The Morgan fingerprint density at radius 2 is 1.69 bits per heavy atom. The molecular formula is C13H22BrNO. The average molecular weight is 288 g/mol. The number of hydrogen-bond acceptors (Lipinski definition) is 2. The van der Waals surface area contributed by atoms with E-state index < -0.39 is 0 Å². The normalized spacial score (nSPS) is 32.6. The monoisotopic (exact) mass is 287 g/mol. The Labute approximate surface area is 107 Å². The van der Waals surface area contributed by atoms with Crippen molar-refractivity contribution >= 4 is 21.7 Å². The van der Waals surface area contributed by atoms with Crippen LogP contribution in [0.15, 0.2) is 0 Å². The van der Waals surface area contributed by atoms with Crippen molar-refractivity contribution in [3.63, 3.8) is 0 Å². The summed E-state index contributed by atoms with van der Waals surface area (Å²) in [5.74, 6) is 0.858. The third-order valence-electron chi connectivity index (χ3n) is 3.94. The number of piperidine rings is 1. The molecule has 1 aliphatic carbocycles. The van der Waals surface area contributed by atoms with Gasteiger partial charge in [-0.3, -0.25) is 9.69 Å². The zero-order valence-corrected chi connectivity index (χ0v) is 11.5. The Bertz CT molecular complexity index is 230. The number of Topliss-reactive ketones (excluding diaryl/α,β-unsaturated/α-hetero) is 1. The summed E-state index contributed by atoms with van der Waals surface area (Å²) in [5.41, 5.74) is 0. The molecule has 1 heterocycles. The molecule has 0 unspecified atom stereocenters. The fourth-order valence-electron chi connectivity index (χ4n) is 2.84. The molecule has 0 atom stereocenters. The number of rotatable bonds is 3. The van der Waals surface area contributed by atoms with E-state index in [9.17, 15) is 4.79 Å². The molecule has 16 heavy (non-hydrogen) atoms. The first kappa shape index (κ1) is 12.6. The summed E-state index contributed by atoms with van der Waals surface area (Å²) in [7, 11) is 0. The molecule has 0 aromatic heterocycles. The van der Waals surface area contributed by atoms with E-state index in [2.05, 4.69) is 20.8 Å². The number of nitrogens with zero attached hydrogens (tertiary/aromatic N) is 1. The van der Waals surface area contributed by atoms with Gasteiger partial charge in [0.25, 0.3) is 0 Å². The van der Waals surface area contributed by atoms with Gasteiger partial charge >= 0.3 is 0 Å². The Balaban J connectivity index is 1.74. The fraction of sp³-hybridized carbons (Fsp3) is 0.923. The fourth-order valence-corrected chi connectivity index (χ4v) is 3.37. The van der Waals surface area contributed by atoms with Crippen molar-refractivity contribution in [2.75, 3.05) is 19.6 Å². The van der Waals surface area contributed by atoms with Crippen LogP contribution in [0.2, 0.25) is 0 Å². The third-order valence-corrected chi connectivity index (χ3v) is 4.86. The lowest BCUT2D eigenvalue weighted by Gasteiger charge is -2.29. The second-order valence-corrected chi connectivity index (χ2v) is 6.55. The van der Waals surface area contributed by atoms with Crippen LogP contribution in [0.4, 0.5) is 0 Å². The second kappa shape index (κ2) is 6.15. The molecule has 0 bridgehead atoms. The van der Waals surface area contributed by atoms with Gasteiger partial charge < -0.3 is 0 Å². The maximum absolute atomic E-state index is 12.1. The molecule has 2 rings (SSSR count). The molecule has 0 radical (unpaired) electrons. The van der Waals surface area contributed by atoms with Crippen molar-refractivity contribution in [3.8, 4) is 0 Å². The Hall–Kier alpha value is 0.110. The molecule has 0 aromatic rings. The topological polar surface area (TPSA) is 20.3 Å². The molecule has 1 saturated heterocycles. The molecule has 1 aliphatic heterocycles. The van der Waals surface area contributed by atoms with Crippen molar-refractivity contribution in [1.82, 2.24) is 4.90 Å². The summed E-state index contributed by atoms with van der Waals surface area (Å²) < 4.78 is 0. The highest BCUT2D eigenvalue weighted by Crippen LogP contribution is 2.29. The molecule has 0 amide bonds. The molecule has 2 nitrogen and oxygen atoms in total. The van der Waals surface area contributed by atoms with E-state index in [1.54, 1.807) is 0 Å². The summed E-state index contributed by atoms with van der Waals surface area (Å²) in [6, 6.07) is 0. The Morgan fingerprint density at radius 1 is 1.06 bits per heavy atom. The second-order valence-electron chi connectivity index (χ2n) is 5.25. The molecule has 2 fully saturated rings. The molecule has 92 valence electrons. The predicted octanol–water partition coefficient (Wildman–Crippen LogP) is 3.00. The van der Waals surface area contributed by atoms with Crippen molar-refractivity contribution in [1.29, 1.82) is 0 Å². The minimum Gasteiger partial charge on any atom is -0.298 e. The van der Waals surface area contributed by atoms with E-state index in [1.165, 1.54) is 32.1 Å². The van der Waals surface area contributed by atoms with Crippen LogP contribution in [0.5, 0.6) is 0 Å². The van der Waals surface area contributed by atoms with E-state index in [-0.39, 0.29) is 0 Å². The minimum absolute atomic E-state index is 0.357. The van der Waals surface area contributed by atoms with Gasteiger partial charge in [-0.05, 0) is 51.6 Å². The Morgan fingerprint density at radius 3 is 2.31 bits per heavy atom. The first-order valence-electron chi connectivity index (χ1n) is 6.65. The van der Waals surface area contributed by atoms with Gasteiger partial charge in [-0.25, -0.2) is 0 Å². The largest absolute Gasteiger partial charge is 0.298 e. The van der Waals surface area contributed by atoms with Crippen LogP contribution in [0.25, 0.3) is 0 Å². The van der Waals surface area contributed by atoms with Gasteiger partial charge in [0.05, 0.1) is 6.54 Å². The summed E-state index contributed by atoms with van der Waals surface area (Å²) in [6.45, 7) is 3.00. The lowest BCUT2D eigenvalue weighted by atomic mass is 9.86. The van der Waals surface area contributed by atoms with E-state index in [0.717, 1.165) is 32.5 Å². The van der Waals surface area contributed by atoms with Gasteiger partial charge in [0.1, 0.15) is 5.78 Å². The zero-order valence-electron chi connectivity index (χ0n) is 9.96. The van der Waals surface area contributed by atoms with Crippen LogP contribution < -0.4 is 0 Å². The van der Waals surface area contributed by atoms with Gasteiger partial charge in [-0.2, -0.15) is 0 Å². The lowest BCUT2D eigenvalue weighted by molar-refractivity contribution is -0.125. The average Bonchev–Trinajstić information content (AvgIpc) is 2.31. The quantitative estimate of drug-likeness (QED) is 0.744. The maximum Gasteiger partial charge on any atom is 0.149 e. The van der Waals surface area contributed by atoms with Crippen LogP contribution in [0.1, 0.15) is 44.9 Å². The summed E-state index contributed by atoms with van der Waals surface area (Å²) in [6.07, 6.45) is 8.46. The van der Waals surface area contributed by atoms with Gasteiger partial charge in [-0.1, -0.05) is 22.4 Å². The zero-order chi connectivity index (χ0) is 11.4. The summed E-state index contributed by atoms with van der Waals surface area (Å²) in [5, 5.41) is 0. The van der Waals surface area contributed by atoms with Crippen LogP contribution in [-0.4, -0.2) is 35.1 Å². The molecule has 2 aliphatic rings. The lowest BCUT2D eigenvalue weighted by Crippen LogP contribution is -2.37. The standard InChI is InChI=1S/C13H22BrNO/c14-12-6-4-11(5-7-12)13(16)10-15-8-2-1-3-9-15/h11-12H,1-10H2. The van der Waals surface area contributed by atoms with Crippen LogP contribution in [-0.2, 0) is 4.79 Å². The van der Waals surface area contributed by atoms with Crippen molar-refractivity contribution in [2.24, 2.45) is 5.92 Å². The van der Waals surface area contributed by atoms with E-state index >= 15 is 0 Å². The highest BCUT2D eigenvalue weighted by molar-refractivity contribution is 9.09. The van der Waals surface area contributed by atoms with Crippen molar-refractivity contribution < 1.29 is 4.79 Å². The molecule has 0 spiro atoms. The van der Waals surface area contributed by atoms with E-state index in [0.29, 0.717) is 16.5 Å². The maximum atomic E-state index is 12.1. The van der Waals surface area contributed by atoms with Gasteiger partial charge in [-0.15, -0.1) is 0 Å². The smallest absolute Gasteiger partial charge is 0.149 e. The molecule has 1 saturated carbocycles. The van der Waals surface area contributed by atoms with Crippen LogP contribution in [0.3, 0.4) is 0 Å². The van der Waals surface area contributed by atoms with Gasteiger partial charge in [0, 0.05) is 10.7 Å². The van der Waals surface area contributed by atoms with Crippen molar-refractivity contribution in [3.05, 3.63) is 0 Å². The number of carbonyl (C=O) groups is 1. The first-order chi connectivity index (χ1) is 7.75. The summed E-state index contributed by atoms with van der Waals surface area (Å²) in [4.78, 5) is 15.1. The highest BCUT2D eigenvalue weighted by Gasteiger charge is 2.26. The van der Waals surface area contributed by atoms with Crippen molar-refractivity contribution in [2.45, 2.75) is 49.8 Å². The molecule has 0 N–H and O–H groups in total. The summed E-state index contributed by atoms with van der Waals surface area (Å²) >= 11 is 3.64. The van der Waals surface area contributed by atoms with E-state index in [4.69, 9.17) is 0 Å².